The lowest BCUT2D eigenvalue weighted by Gasteiger charge is -2.35. The van der Waals surface area contributed by atoms with E-state index in [2.05, 4.69) is 39.3 Å². The van der Waals surface area contributed by atoms with Crippen molar-refractivity contribution in [2.24, 2.45) is 0 Å². The third-order valence-electron chi connectivity index (χ3n) is 2.82. The number of nitrogens with zero attached hydrogens (tertiary/aromatic N) is 1. The Balaban J connectivity index is 0.00000128. The van der Waals surface area contributed by atoms with Crippen molar-refractivity contribution in [3.8, 4) is 0 Å². The van der Waals surface area contributed by atoms with Crippen molar-refractivity contribution in [1.29, 1.82) is 0 Å². The molecule has 1 aliphatic heterocycles. The molecule has 1 N–H and O–H groups in total. The van der Waals surface area contributed by atoms with E-state index in [0.717, 1.165) is 29.1 Å². The van der Waals surface area contributed by atoms with Gasteiger partial charge in [-0.05, 0) is 24.7 Å². The third kappa shape index (κ3) is 3.34. The number of rotatable bonds is 3. The van der Waals surface area contributed by atoms with Crippen LogP contribution in [0.5, 0.6) is 0 Å². The number of halogens is 3. The lowest BCUT2D eigenvalue weighted by Crippen LogP contribution is -2.55. The summed E-state index contributed by atoms with van der Waals surface area (Å²) in [4.78, 5) is 2.37. The summed E-state index contributed by atoms with van der Waals surface area (Å²) in [5.41, 5.74) is 1.29. The number of nitrogens with one attached hydrogen (secondary N) is 1. The number of hydrogen-bond acceptors (Lipinski definition) is 2. The van der Waals surface area contributed by atoms with Crippen LogP contribution in [0.25, 0.3) is 0 Å². The van der Waals surface area contributed by atoms with Crippen LogP contribution in [0.15, 0.2) is 22.7 Å². The second-order valence-electron chi connectivity index (χ2n) is 3.96. The summed E-state index contributed by atoms with van der Waals surface area (Å²) in [6.07, 6.45) is 0. The zero-order valence-corrected chi connectivity index (χ0v) is 12.2. The van der Waals surface area contributed by atoms with Gasteiger partial charge >= 0.3 is 0 Å². The molecule has 1 saturated heterocycles. The molecule has 0 aromatic heterocycles. The molecule has 1 fully saturated rings. The molecule has 0 unspecified atom stereocenters. The first-order valence-electron chi connectivity index (χ1n) is 5.01. The summed E-state index contributed by atoms with van der Waals surface area (Å²) in [5, 5.41) is 4.05. The Hall–Kier alpha value is 0.200. The Morgan fingerprint density at radius 3 is 2.69 bits per heavy atom. The van der Waals surface area contributed by atoms with Gasteiger partial charge < -0.3 is 5.32 Å². The van der Waals surface area contributed by atoms with Gasteiger partial charge in [0, 0.05) is 35.2 Å². The van der Waals surface area contributed by atoms with Crippen molar-refractivity contribution in [1.82, 2.24) is 10.2 Å². The maximum absolute atomic E-state index is 5.90. The Kier molecular flexibility index (Phi) is 5.54. The zero-order valence-electron chi connectivity index (χ0n) is 9.04. The van der Waals surface area contributed by atoms with E-state index < -0.39 is 0 Å². The molecule has 5 heteroatoms. The highest BCUT2D eigenvalue weighted by Crippen LogP contribution is 2.23. The molecule has 0 aliphatic carbocycles. The fourth-order valence-electron chi connectivity index (χ4n) is 1.63. The van der Waals surface area contributed by atoms with Gasteiger partial charge in [-0.2, -0.15) is 0 Å². The van der Waals surface area contributed by atoms with E-state index in [9.17, 15) is 0 Å². The standard InChI is InChI=1S/C11H14BrClN2.ClH/c1-15(10-5-14-6-10)7-8-2-3-9(13)4-11(8)12;/h2-4,10,14H,5-7H2,1H3;1H. The lowest BCUT2D eigenvalue weighted by molar-refractivity contribution is 0.173. The minimum absolute atomic E-state index is 0. The molecule has 1 aromatic rings. The van der Waals surface area contributed by atoms with Crippen molar-refractivity contribution in [3.05, 3.63) is 33.3 Å². The molecule has 0 bridgehead atoms. The van der Waals surface area contributed by atoms with E-state index in [0.29, 0.717) is 6.04 Å². The topological polar surface area (TPSA) is 15.3 Å². The van der Waals surface area contributed by atoms with E-state index in [4.69, 9.17) is 11.6 Å². The molecule has 0 amide bonds. The van der Waals surface area contributed by atoms with Crippen LogP contribution in [0.3, 0.4) is 0 Å². The molecular weight excluding hydrogens is 311 g/mol. The van der Waals surface area contributed by atoms with Gasteiger partial charge in [0.05, 0.1) is 0 Å². The van der Waals surface area contributed by atoms with Crippen molar-refractivity contribution in [2.45, 2.75) is 12.6 Å². The molecule has 2 rings (SSSR count). The third-order valence-corrected chi connectivity index (χ3v) is 3.79. The molecule has 0 spiro atoms. The first-order chi connectivity index (χ1) is 7.16. The number of benzene rings is 1. The highest BCUT2D eigenvalue weighted by molar-refractivity contribution is 9.10. The monoisotopic (exact) mass is 324 g/mol. The number of hydrogen-bond donors (Lipinski definition) is 1. The van der Waals surface area contributed by atoms with E-state index in [1.807, 2.05) is 12.1 Å². The first kappa shape index (κ1) is 14.3. The fourth-order valence-corrected chi connectivity index (χ4v) is 2.44. The normalized spacial score (nSPS) is 15.8. The summed E-state index contributed by atoms with van der Waals surface area (Å²) in [6.45, 7) is 3.16. The average Bonchev–Trinajstić information content (AvgIpc) is 2.07. The molecule has 90 valence electrons. The van der Waals surface area contributed by atoms with E-state index in [-0.39, 0.29) is 12.4 Å². The van der Waals surface area contributed by atoms with Crippen molar-refractivity contribution in [3.63, 3.8) is 0 Å². The average molecular weight is 326 g/mol. The summed E-state index contributed by atoms with van der Waals surface area (Å²) >= 11 is 9.44. The minimum Gasteiger partial charge on any atom is -0.314 e. The molecule has 0 atom stereocenters. The van der Waals surface area contributed by atoms with Crippen LogP contribution in [-0.4, -0.2) is 31.1 Å². The van der Waals surface area contributed by atoms with E-state index >= 15 is 0 Å². The maximum Gasteiger partial charge on any atom is 0.0417 e. The Labute approximate surface area is 116 Å². The van der Waals surface area contributed by atoms with Gasteiger partial charge in [-0.1, -0.05) is 33.6 Å². The molecule has 1 aromatic carbocycles. The fraction of sp³-hybridized carbons (Fsp3) is 0.455. The molecule has 1 heterocycles. The smallest absolute Gasteiger partial charge is 0.0417 e. The molecule has 0 radical (unpaired) electrons. The van der Waals surface area contributed by atoms with Crippen molar-refractivity contribution < 1.29 is 0 Å². The van der Waals surface area contributed by atoms with E-state index in [1.54, 1.807) is 0 Å². The highest BCUT2D eigenvalue weighted by atomic mass is 79.9. The lowest BCUT2D eigenvalue weighted by atomic mass is 10.1. The number of likely N-dealkylation sites (N-methyl/N-ethyl adjacent to an activating group) is 1. The van der Waals surface area contributed by atoms with Crippen LogP contribution in [0, 0.1) is 0 Å². The van der Waals surface area contributed by atoms with Gasteiger partial charge in [0.1, 0.15) is 0 Å². The van der Waals surface area contributed by atoms with E-state index in [1.165, 1.54) is 5.56 Å². The Bertz CT molecular complexity index is 356. The second-order valence-corrected chi connectivity index (χ2v) is 5.25. The van der Waals surface area contributed by atoms with Crippen molar-refractivity contribution >= 4 is 39.9 Å². The van der Waals surface area contributed by atoms with Crippen LogP contribution < -0.4 is 5.32 Å². The summed E-state index contributed by atoms with van der Waals surface area (Å²) in [6, 6.07) is 6.64. The SMILES string of the molecule is CN(Cc1ccc(Cl)cc1Br)C1CNC1.Cl. The molecule has 0 saturated carbocycles. The van der Waals surface area contributed by atoms with Crippen LogP contribution in [0.1, 0.15) is 5.56 Å². The molecule has 16 heavy (non-hydrogen) atoms. The quantitative estimate of drug-likeness (QED) is 0.919. The highest BCUT2D eigenvalue weighted by Gasteiger charge is 2.21. The minimum atomic E-state index is 0. The predicted octanol–water partition coefficient (Wildman–Crippen LogP) is 2.93. The van der Waals surface area contributed by atoms with Crippen molar-refractivity contribution in [2.75, 3.05) is 20.1 Å². The zero-order chi connectivity index (χ0) is 10.8. The van der Waals surface area contributed by atoms with Crippen LogP contribution in [-0.2, 0) is 6.54 Å². The maximum atomic E-state index is 5.90. The first-order valence-corrected chi connectivity index (χ1v) is 6.19. The molecule has 2 nitrogen and oxygen atoms in total. The van der Waals surface area contributed by atoms with Gasteiger partial charge in [0.15, 0.2) is 0 Å². The predicted molar refractivity (Wildman–Crippen MR) is 74.5 cm³/mol. The van der Waals surface area contributed by atoms with Gasteiger partial charge in [0.25, 0.3) is 0 Å². The van der Waals surface area contributed by atoms with Crippen LogP contribution in [0.4, 0.5) is 0 Å². The molecular formula is C11H15BrCl2N2. The van der Waals surface area contributed by atoms with Crippen LogP contribution >= 0.6 is 39.9 Å². The van der Waals surface area contributed by atoms with Gasteiger partial charge in [-0.3, -0.25) is 4.90 Å². The summed E-state index contributed by atoms with van der Waals surface area (Å²) in [5.74, 6) is 0. The summed E-state index contributed by atoms with van der Waals surface area (Å²) < 4.78 is 1.09. The van der Waals surface area contributed by atoms with Gasteiger partial charge in [-0.25, -0.2) is 0 Å². The second kappa shape index (κ2) is 6.22. The Morgan fingerprint density at radius 1 is 1.50 bits per heavy atom. The summed E-state index contributed by atoms with van der Waals surface area (Å²) in [7, 11) is 2.16. The van der Waals surface area contributed by atoms with Gasteiger partial charge in [-0.15, -0.1) is 12.4 Å². The van der Waals surface area contributed by atoms with Crippen LogP contribution in [0.2, 0.25) is 5.02 Å². The Morgan fingerprint density at radius 2 is 2.19 bits per heavy atom. The largest absolute Gasteiger partial charge is 0.314 e. The molecule has 1 aliphatic rings. The van der Waals surface area contributed by atoms with Gasteiger partial charge in [0.2, 0.25) is 0 Å².